The van der Waals surface area contributed by atoms with Crippen molar-refractivity contribution in [3.05, 3.63) is 43.0 Å². The highest BCUT2D eigenvalue weighted by Crippen LogP contribution is 2.42. The number of fused-ring (bicyclic) bond motifs is 3. The highest BCUT2D eigenvalue weighted by Gasteiger charge is 2.47. The summed E-state index contributed by atoms with van der Waals surface area (Å²) in [4.78, 5) is 21.4. The topological polar surface area (TPSA) is 104 Å². The van der Waals surface area contributed by atoms with Crippen LogP contribution in [0.2, 0.25) is 0 Å². The molecule has 3 aliphatic rings. The van der Waals surface area contributed by atoms with E-state index in [1.807, 2.05) is 60.7 Å². The van der Waals surface area contributed by atoms with Gasteiger partial charge in [-0.2, -0.15) is 0 Å². The third-order valence-corrected chi connectivity index (χ3v) is 7.73. The molecular formula is C29H36N6O5. The van der Waals surface area contributed by atoms with Crippen molar-refractivity contribution in [3.8, 4) is 28.4 Å². The van der Waals surface area contributed by atoms with Crippen molar-refractivity contribution in [2.45, 2.75) is 70.2 Å². The number of anilines is 1. The minimum absolute atomic E-state index is 0.105. The zero-order valence-electron chi connectivity index (χ0n) is 23.4. The fourth-order valence-electron chi connectivity index (χ4n) is 6.07. The number of imidazole rings is 1. The minimum Gasteiger partial charge on any atom is -0.488 e. The molecule has 1 unspecified atom stereocenters. The van der Waals surface area contributed by atoms with E-state index in [9.17, 15) is 4.79 Å². The van der Waals surface area contributed by atoms with Gasteiger partial charge in [-0.1, -0.05) is 0 Å². The Morgan fingerprint density at radius 1 is 1.10 bits per heavy atom. The molecule has 6 rings (SSSR count). The molecule has 1 amide bonds. The van der Waals surface area contributed by atoms with Crippen LogP contribution in [0.25, 0.3) is 16.9 Å². The van der Waals surface area contributed by atoms with Gasteiger partial charge >= 0.3 is 6.09 Å². The Hall–Kier alpha value is -3.86. The Morgan fingerprint density at radius 3 is 2.60 bits per heavy atom. The Balaban J connectivity index is 1.24. The quantitative estimate of drug-likeness (QED) is 0.414. The number of aromatic nitrogens is 4. The molecule has 2 bridgehead atoms. The highest BCUT2D eigenvalue weighted by molar-refractivity contribution is 5.72. The second kappa shape index (κ2) is 10.6. The van der Waals surface area contributed by atoms with E-state index in [4.69, 9.17) is 18.9 Å². The molecule has 5 heterocycles. The first-order valence-corrected chi connectivity index (χ1v) is 13.8. The molecule has 0 N–H and O–H groups in total. The molecule has 2 aromatic heterocycles. The maximum absolute atomic E-state index is 12.9. The lowest BCUT2D eigenvalue weighted by Crippen LogP contribution is -2.55. The van der Waals surface area contributed by atoms with Crippen LogP contribution in [-0.4, -0.2) is 81.5 Å². The summed E-state index contributed by atoms with van der Waals surface area (Å²) in [5, 5.41) is 9.27. The largest absolute Gasteiger partial charge is 0.488 e. The Kier molecular flexibility index (Phi) is 6.99. The van der Waals surface area contributed by atoms with Gasteiger partial charge in [0.25, 0.3) is 0 Å². The van der Waals surface area contributed by atoms with E-state index in [1.165, 1.54) is 0 Å². The van der Waals surface area contributed by atoms with Crippen LogP contribution >= 0.6 is 0 Å². The molecule has 0 saturated carbocycles. The fourth-order valence-corrected chi connectivity index (χ4v) is 6.07. The highest BCUT2D eigenvalue weighted by atomic mass is 16.7. The van der Waals surface area contributed by atoms with Gasteiger partial charge in [0, 0.05) is 55.3 Å². The average molecular weight is 549 g/mol. The Morgan fingerprint density at radius 2 is 1.90 bits per heavy atom. The summed E-state index contributed by atoms with van der Waals surface area (Å²) in [7, 11) is 1.59. The molecule has 40 heavy (non-hydrogen) atoms. The molecule has 1 aromatic carbocycles. The van der Waals surface area contributed by atoms with Gasteiger partial charge in [-0.3, -0.25) is 0 Å². The second-order valence-corrected chi connectivity index (χ2v) is 11.6. The van der Waals surface area contributed by atoms with Crippen LogP contribution in [0.1, 0.15) is 46.5 Å². The van der Waals surface area contributed by atoms with Gasteiger partial charge in [0.15, 0.2) is 18.4 Å². The van der Waals surface area contributed by atoms with Gasteiger partial charge in [-0.05, 0) is 58.6 Å². The van der Waals surface area contributed by atoms with E-state index in [1.54, 1.807) is 19.6 Å². The monoisotopic (exact) mass is 548 g/mol. The van der Waals surface area contributed by atoms with E-state index >= 15 is 0 Å². The van der Waals surface area contributed by atoms with Gasteiger partial charge < -0.3 is 33.3 Å². The molecule has 2 fully saturated rings. The number of rotatable bonds is 6. The molecule has 3 aliphatic heterocycles. The van der Waals surface area contributed by atoms with Crippen LogP contribution in [0.15, 0.2) is 43.0 Å². The molecule has 0 spiro atoms. The summed E-state index contributed by atoms with van der Waals surface area (Å²) in [6.07, 6.45) is 8.90. The van der Waals surface area contributed by atoms with Gasteiger partial charge in [0.2, 0.25) is 0 Å². The Labute approximate surface area is 234 Å². The molecule has 212 valence electrons. The lowest BCUT2D eigenvalue weighted by atomic mass is 9.95. The zero-order chi connectivity index (χ0) is 27.9. The zero-order valence-corrected chi connectivity index (χ0v) is 23.4. The fraction of sp³-hybridized carbons (Fsp3) is 0.517. The number of hydrogen-bond acceptors (Lipinski definition) is 9. The van der Waals surface area contributed by atoms with Crippen LogP contribution in [0.4, 0.5) is 10.6 Å². The first-order chi connectivity index (χ1) is 19.3. The predicted octanol–water partition coefficient (Wildman–Crippen LogP) is 4.44. The number of carbonyl (C=O) groups excluding carboxylic acids is 1. The minimum atomic E-state index is -0.502. The van der Waals surface area contributed by atoms with Gasteiger partial charge in [-0.15, -0.1) is 10.2 Å². The molecule has 3 aromatic rings. The molecule has 3 atom stereocenters. The van der Waals surface area contributed by atoms with Crippen LogP contribution in [-0.2, 0) is 9.47 Å². The van der Waals surface area contributed by atoms with Crippen molar-refractivity contribution < 1.29 is 23.7 Å². The van der Waals surface area contributed by atoms with Gasteiger partial charge in [-0.25, -0.2) is 9.78 Å². The van der Waals surface area contributed by atoms with Crippen LogP contribution < -0.4 is 14.4 Å². The lowest BCUT2D eigenvalue weighted by molar-refractivity contribution is 0.00559. The number of nitrogens with zero attached hydrogens (tertiary/aromatic N) is 6. The summed E-state index contributed by atoms with van der Waals surface area (Å²) in [5.74, 6) is 2.08. The van der Waals surface area contributed by atoms with E-state index in [-0.39, 0.29) is 31.0 Å². The van der Waals surface area contributed by atoms with Gasteiger partial charge in [0.1, 0.15) is 23.7 Å². The number of benzene rings is 1. The number of ether oxygens (including phenoxy) is 4. The van der Waals surface area contributed by atoms with Crippen molar-refractivity contribution in [1.82, 2.24) is 24.6 Å². The lowest BCUT2D eigenvalue weighted by Gasteiger charge is -2.44. The summed E-state index contributed by atoms with van der Waals surface area (Å²) in [5.41, 5.74) is 1.86. The summed E-state index contributed by atoms with van der Waals surface area (Å²) in [6.45, 7) is 7.15. The molecule has 0 aliphatic carbocycles. The second-order valence-electron chi connectivity index (χ2n) is 11.6. The SMILES string of the molecule is COCOc1cc(-n2ccnc2)ccc1-c1cc2c(nn1)N(C1C[C@H]3CC[C@@H](C1)N3C(=O)OC(C)(C)C)CCO2. The Bertz CT molecular complexity index is 1340. The third kappa shape index (κ3) is 5.17. The average Bonchev–Trinajstić information content (AvgIpc) is 3.56. The van der Waals surface area contributed by atoms with Crippen molar-refractivity contribution >= 4 is 11.9 Å². The molecule has 11 nitrogen and oxygen atoms in total. The van der Waals surface area contributed by atoms with E-state index in [0.717, 1.165) is 49.3 Å². The third-order valence-electron chi connectivity index (χ3n) is 7.73. The molecule has 11 heteroatoms. The smallest absolute Gasteiger partial charge is 0.410 e. The number of piperidine rings is 1. The summed E-state index contributed by atoms with van der Waals surface area (Å²) >= 11 is 0. The van der Waals surface area contributed by atoms with Crippen molar-refractivity contribution in [3.63, 3.8) is 0 Å². The molecule has 0 radical (unpaired) electrons. The van der Waals surface area contributed by atoms with Crippen molar-refractivity contribution in [2.24, 2.45) is 0 Å². The number of methoxy groups -OCH3 is 1. The first kappa shape index (κ1) is 26.4. The summed E-state index contributed by atoms with van der Waals surface area (Å²) < 4.78 is 24.8. The van der Waals surface area contributed by atoms with E-state index in [2.05, 4.69) is 20.1 Å². The van der Waals surface area contributed by atoms with Gasteiger partial charge in [0.05, 0.1) is 18.6 Å². The maximum atomic E-state index is 12.9. The molecular weight excluding hydrogens is 512 g/mol. The standard InChI is InChI=1S/C29H36N6O5/c1-29(2,3)40-28(36)35-20-5-6-21(35)14-22(13-20)34-11-12-38-26-16-24(31-32-27(26)34)23-8-7-19(33-10-9-30-17-33)15-25(23)39-18-37-4/h7-10,15-17,20-22H,5-6,11-14,18H2,1-4H3/t20-,21+,22?. The van der Waals surface area contributed by atoms with E-state index in [0.29, 0.717) is 23.8 Å². The van der Waals surface area contributed by atoms with E-state index < -0.39 is 5.60 Å². The maximum Gasteiger partial charge on any atom is 0.410 e. The summed E-state index contributed by atoms with van der Waals surface area (Å²) in [6, 6.07) is 8.41. The number of carbonyl (C=O) groups is 1. The van der Waals surface area contributed by atoms with Crippen molar-refractivity contribution in [1.29, 1.82) is 0 Å². The normalized spacial score (nSPS) is 22.1. The van der Waals surface area contributed by atoms with Crippen LogP contribution in [0.5, 0.6) is 11.5 Å². The number of amides is 1. The number of hydrogen-bond donors (Lipinski definition) is 0. The first-order valence-electron chi connectivity index (χ1n) is 13.8. The molecule has 2 saturated heterocycles. The van der Waals surface area contributed by atoms with Crippen LogP contribution in [0.3, 0.4) is 0 Å². The van der Waals surface area contributed by atoms with Crippen molar-refractivity contribution in [2.75, 3.05) is 32.0 Å². The predicted molar refractivity (Wildman–Crippen MR) is 148 cm³/mol. The van der Waals surface area contributed by atoms with Crippen LogP contribution in [0, 0.1) is 0 Å².